The van der Waals surface area contributed by atoms with E-state index in [1.807, 2.05) is 0 Å². The third-order valence-corrected chi connectivity index (χ3v) is 5.15. The van der Waals surface area contributed by atoms with E-state index < -0.39 is 26.7 Å². The lowest BCUT2D eigenvalue weighted by Crippen LogP contribution is -2.16. The van der Waals surface area contributed by atoms with Crippen molar-refractivity contribution in [2.24, 2.45) is 0 Å². The van der Waals surface area contributed by atoms with E-state index in [1.54, 1.807) is 6.92 Å². The highest BCUT2D eigenvalue weighted by molar-refractivity contribution is 7.92. The number of anilines is 1. The molecule has 0 saturated carbocycles. The maximum atomic E-state index is 14.2. The van der Waals surface area contributed by atoms with Crippen LogP contribution in [0.3, 0.4) is 0 Å². The Morgan fingerprint density at radius 1 is 1.15 bits per heavy atom. The average molecular weight is 418 g/mol. The molecule has 0 unspecified atom stereocenters. The molecule has 0 fully saturated rings. The van der Waals surface area contributed by atoms with Crippen LogP contribution in [0.2, 0.25) is 5.02 Å². The Balaban J connectivity index is 2.44. The number of methoxy groups -OCH3 is 2. The average Bonchev–Trinajstić information content (AvgIpc) is 2.61. The molecule has 0 aromatic heterocycles. The van der Waals surface area contributed by atoms with E-state index in [2.05, 4.69) is 4.72 Å². The monoisotopic (exact) mass is 417 g/mol. The van der Waals surface area contributed by atoms with Crippen molar-refractivity contribution < 1.29 is 31.8 Å². The van der Waals surface area contributed by atoms with Gasteiger partial charge in [0.05, 0.1) is 37.1 Å². The third kappa shape index (κ3) is 4.61. The molecular formula is C17H17ClFNO6S. The smallest absolute Gasteiger partial charge is 0.339 e. The van der Waals surface area contributed by atoms with Crippen LogP contribution in [0.4, 0.5) is 10.1 Å². The number of esters is 1. The van der Waals surface area contributed by atoms with Gasteiger partial charge in [-0.15, -0.1) is 0 Å². The molecule has 27 heavy (non-hydrogen) atoms. The molecule has 0 bridgehead atoms. The number of halogens is 2. The molecule has 0 aliphatic rings. The van der Waals surface area contributed by atoms with E-state index >= 15 is 0 Å². The van der Waals surface area contributed by atoms with E-state index in [0.29, 0.717) is 5.75 Å². The number of ether oxygens (including phenoxy) is 3. The van der Waals surface area contributed by atoms with E-state index in [1.165, 1.54) is 32.4 Å². The largest absolute Gasteiger partial charge is 0.493 e. The van der Waals surface area contributed by atoms with E-state index in [-0.39, 0.29) is 28.6 Å². The van der Waals surface area contributed by atoms with E-state index in [4.69, 9.17) is 25.8 Å². The van der Waals surface area contributed by atoms with Crippen molar-refractivity contribution in [3.8, 4) is 11.5 Å². The summed E-state index contributed by atoms with van der Waals surface area (Å²) in [5, 5.41) is -0.254. The fourth-order valence-electron chi connectivity index (χ4n) is 2.21. The zero-order valence-electron chi connectivity index (χ0n) is 14.7. The number of hydrogen-bond donors (Lipinski definition) is 1. The highest BCUT2D eigenvalue weighted by Crippen LogP contribution is 2.32. The van der Waals surface area contributed by atoms with Crippen LogP contribution in [0.15, 0.2) is 35.2 Å². The van der Waals surface area contributed by atoms with Gasteiger partial charge in [0, 0.05) is 6.07 Å². The summed E-state index contributed by atoms with van der Waals surface area (Å²) in [4.78, 5) is 11.1. The molecule has 2 aromatic rings. The van der Waals surface area contributed by atoms with Crippen LogP contribution in [0.1, 0.15) is 17.3 Å². The van der Waals surface area contributed by atoms with E-state index in [9.17, 15) is 17.6 Å². The maximum absolute atomic E-state index is 14.2. The molecule has 0 heterocycles. The molecule has 0 saturated heterocycles. The molecule has 0 aliphatic carbocycles. The van der Waals surface area contributed by atoms with Crippen molar-refractivity contribution in [1.82, 2.24) is 0 Å². The summed E-state index contributed by atoms with van der Waals surface area (Å²) in [6.07, 6.45) is 0. The normalized spacial score (nSPS) is 11.0. The van der Waals surface area contributed by atoms with Crippen LogP contribution in [0, 0.1) is 5.82 Å². The molecule has 10 heteroatoms. The summed E-state index contributed by atoms with van der Waals surface area (Å²) < 4.78 is 56.6. The van der Waals surface area contributed by atoms with Gasteiger partial charge in [0.2, 0.25) is 0 Å². The van der Waals surface area contributed by atoms with Crippen molar-refractivity contribution in [2.45, 2.75) is 11.8 Å². The number of nitrogens with one attached hydrogen (secondary N) is 1. The van der Waals surface area contributed by atoms with Gasteiger partial charge in [-0.2, -0.15) is 0 Å². The lowest BCUT2D eigenvalue weighted by atomic mass is 10.2. The standard InChI is InChI=1S/C17H17ClFNO6S/c1-4-26-17(21)11-8-16(13(19)9-12(11)18)27(22,23)20-10-5-6-14(24-2)15(7-10)25-3/h5-9,20H,4H2,1-3H3. The van der Waals surface area contributed by atoms with Crippen LogP contribution in [0.5, 0.6) is 11.5 Å². The fourth-order valence-corrected chi connectivity index (χ4v) is 3.57. The van der Waals surface area contributed by atoms with Gasteiger partial charge >= 0.3 is 5.97 Å². The van der Waals surface area contributed by atoms with E-state index in [0.717, 1.165) is 12.1 Å². The first-order valence-corrected chi connectivity index (χ1v) is 9.50. The molecule has 0 atom stereocenters. The lowest BCUT2D eigenvalue weighted by Gasteiger charge is -2.13. The molecule has 1 N–H and O–H groups in total. The van der Waals surface area contributed by atoms with Gasteiger partial charge in [0.1, 0.15) is 10.7 Å². The van der Waals surface area contributed by atoms with Gasteiger partial charge in [0.25, 0.3) is 10.0 Å². The second kappa shape index (κ2) is 8.45. The minimum absolute atomic E-state index is 0.0541. The Labute approximate surface area is 161 Å². The first-order chi connectivity index (χ1) is 12.7. The topological polar surface area (TPSA) is 90.9 Å². The van der Waals surface area contributed by atoms with Crippen molar-refractivity contribution >= 4 is 33.3 Å². The molecular weight excluding hydrogens is 401 g/mol. The maximum Gasteiger partial charge on any atom is 0.339 e. The number of sulfonamides is 1. The van der Waals surface area contributed by atoms with Crippen LogP contribution >= 0.6 is 11.6 Å². The van der Waals surface area contributed by atoms with Gasteiger partial charge in [-0.05, 0) is 31.2 Å². The summed E-state index contributed by atoms with van der Waals surface area (Å²) >= 11 is 5.83. The van der Waals surface area contributed by atoms with Crippen LogP contribution in [-0.2, 0) is 14.8 Å². The van der Waals surface area contributed by atoms with Crippen molar-refractivity contribution in [1.29, 1.82) is 0 Å². The van der Waals surface area contributed by atoms with Crippen molar-refractivity contribution in [2.75, 3.05) is 25.5 Å². The molecule has 0 amide bonds. The lowest BCUT2D eigenvalue weighted by molar-refractivity contribution is 0.0526. The number of carbonyl (C=O) groups is 1. The number of benzene rings is 2. The first-order valence-electron chi connectivity index (χ1n) is 7.64. The van der Waals surface area contributed by atoms with Crippen molar-refractivity contribution in [3.63, 3.8) is 0 Å². The molecule has 0 spiro atoms. The van der Waals surface area contributed by atoms with Gasteiger partial charge in [-0.3, -0.25) is 4.72 Å². The Morgan fingerprint density at radius 2 is 1.81 bits per heavy atom. The zero-order chi connectivity index (χ0) is 20.2. The summed E-state index contributed by atoms with van der Waals surface area (Å²) in [5.74, 6) is -1.30. The Bertz CT molecular complexity index is 964. The van der Waals surface area contributed by atoms with Crippen LogP contribution in [-0.4, -0.2) is 35.2 Å². The molecule has 2 rings (SSSR count). The highest BCUT2D eigenvalue weighted by Gasteiger charge is 2.24. The van der Waals surface area contributed by atoms with Gasteiger partial charge < -0.3 is 14.2 Å². The predicted molar refractivity (Wildman–Crippen MR) is 97.7 cm³/mol. The minimum atomic E-state index is -4.36. The Morgan fingerprint density at radius 3 is 2.41 bits per heavy atom. The highest BCUT2D eigenvalue weighted by atomic mass is 35.5. The Kier molecular flexibility index (Phi) is 6.50. The van der Waals surface area contributed by atoms with Crippen LogP contribution in [0.25, 0.3) is 0 Å². The SMILES string of the molecule is CCOC(=O)c1cc(S(=O)(=O)Nc2ccc(OC)c(OC)c2)c(F)cc1Cl. The summed E-state index contributed by atoms with van der Waals surface area (Å²) in [5.41, 5.74) is -0.146. The number of rotatable bonds is 7. The second-order valence-electron chi connectivity index (χ2n) is 5.16. The third-order valence-electron chi connectivity index (χ3n) is 3.44. The first kappa shape index (κ1) is 20.8. The molecule has 0 radical (unpaired) electrons. The van der Waals surface area contributed by atoms with Gasteiger partial charge in [0.15, 0.2) is 11.5 Å². The molecule has 7 nitrogen and oxygen atoms in total. The molecule has 0 aliphatic heterocycles. The van der Waals surface area contributed by atoms with Gasteiger partial charge in [-0.1, -0.05) is 11.6 Å². The molecule has 146 valence electrons. The van der Waals surface area contributed by atoms with Gasteiger partial charge in [-0.25, -0.2) is 17.6 Å². The van der Waals surface area contributed by atoms with Crippen molar-refractivity contribution in [3.05, 3.63) is 46.7 Å². The summed E-state index contributed by atoms with van der Waals surface area (Å²) in [6.45, 7) is 1.63. The number of carbonyl (C=O) groups excluding carboxylic acids is 1. The second-order valence-corrected chi connectivity index (χ2v) is 7.22. The van der Waals surface area contributed by atoms with Crippen LogP contribution < -0.4 is 14.2 Å². The Hall–Kier alpha value is -2.52. The quantitative estimate of drug-likeness (QED) is 0.693. The fraction of sp³-hybridized carbons (Fsp3) is 0.235. The predicted octanol–water partition coefficient (Wildman–Crippen LogP) is 3.47. The zero-order valence-corrected chi connectivity index (χ0v) is 16.3. The minimum Gasteiger partial charge on any atom is -0.493 e. The number of hydrogen-bond acceptors (Lipinski definition) is 6. The molecule has 2 aromatic carbocycles. The summed E-state index contributed by atoms with van der Waals surface area (Å²) in [6, 6.07) is 5.85. The summed E-state index contributed by atoms with van der Waals surface area (Å²) in [7, 11) is -1.54.